The Morgan fingerprint density at radius 1 is 1.00 bits per heavy atom. The Hall–Kier alpha value is -2.62. The highest BCUT2D eigenvalue weighted by atomic mass is 16.4. The fourth-order valence-electron chi connectivity index (χ4n) is 4.60. The van der Waals surface area contributed by atoms with Gasteiger partial charge >= 0.3 is 6.09 Å². The maximum Gasteiger partial charge on any atom is 0.407 e. The van der Waals surface area contributed by atoms with Crippen molar-refractivity contribution in [1.82, 2.24) is 9.88 Å². The number of rotatable bonds is 2. The summed E-state index contributed by atoms with van der Waals surface area (Å²) < 4.78 is 0. The zero-order chi connectivity index (χ0) is 20.8. The lowest BCUT2D eigenvalue weighted by Crippen LogP contribution is -2.33. The van der Waals surface area contributed by atoms with Gasteiger partial charge in [-0.2, -0.15) is 0 Å². The van der Waals surface area contributed by atoms with Crippen molar-refractivity contribution in [3.63, 3.8) is 0 Å². The number of nitrogens with zero attached hydrogens (tertiary/aromatic N) is 2. The molecule has 152 valence electrons. The van der Waals surface area contributed by atoms with Crippen LogP contribution >= 0.6 is 0 Å². The highest BCUT2D eigenvalue weighted by molar-refractivity contribution is 5.71. The zero-order valence-electron chi connectivity index (χ0n) is 17.8. The van der Waals surface area contributed by atoms with E-state index in [9.17, 15) is 4.79 Å². The molecule has 1 aromatic heterocycles. The molecular formula is C25H30N2O2. The fraction of sp³-hybridized carbons (Fsp3) is 0.440. The number of pyridine rings is 1. The molecule has 0 saturated carbocycles. The average Bonchev–Trinajstić information content (AvgIpc) is 2.71. The van der Waals surface area contributed by atoms with Gasteiger partial charge in [0.25, 0.3) is 0 Å². The van der Waals surface area contributed by atoms with E-state index < -0.39 is 6.09 Å². The minimum absolute atomic E-state index is 0.171. The molecule has 0 saturated heterocycles. The largest absolute Gasteiger partial charge is 0.465 e. The van der Waals surface area contributed by atoms with Crippen molar-refractivity contribution in [2.45, 2.75) is 57.8 Å². The first kappa shape index (κ1) is 19.7. The van der Waals surface area contributed by atoms with Crippen LogP contribution in [0.15, 0.2) is 42.5 Å². The Bertz CT molecular complexity index is 988. The van der Waals surface area contributed by atoms with Crippen molar-refractivity contribution in [2.75, 3.05) is 13.1 Å². The number of hydrogen-bond donors (Lipinski definition) is 1. The molecule has 0 fully saturated rings. The molecule has 0 spiro atoms. The second-order valence-electron chi connectivity index (χ2n) is 9.64. The number of carbonyl (C=O) groups is 1. The minimum Gasteiger partial charge on any atom is -0.465 e. The van der Waals surface area contributed by atoms with Crippen molar-refractivity contribution >= 4 is 11.7 Å². The third kappa shape index (κ3) is 3.68. The molecule has 29 heavy (non-hydrogen) atoms. The second kappa shape index (κ2) is 7.01. The van der Waals surface area contributed by atoms with Crippen LogP contribution in [-0.4, -0.2) is 34.2 Å². The first-order chi connectivity index (χ1) is 13.7. The Kier molecular flexibility index (Phi) is 4.76. The van der Waals surface area contributed by atoms with Gasteiger partial charge in [-0.25, -0.2) is 9.78 Å². The third-order valence-electron chi connectivity index (χ3n) is 6.71. The van der Waals surface area contributed by atoms with Gasteiger partial charge in [-0.15, -0.1) is 0 Å². The highest BCUT2D eigenvalue weighted by Crippen LogP contribution is 2.46. The summed E-state index contributed by atoms with van der Waals surface area (Å²) in [5.74, 6) is 0. The Labute approximate surface area is 173 Å². The standard InChI is InChI=1S/C25H30N2O2/c1-24(2)12-13-25(3,4)20-16-18(8-9-19(20)24)22-7-5-6-21(26-22)17-10-14-27(15-11-17)23(28)29/h5-10,16H,11-15H2,1-4H3,(H,28,29). The van der Waals surface area contributed by atoms with Gasteiger partial charge in [0.1, 0.15) is 0 Å². The first-order valence-corrected chi connectivity index (χ1v) is 10.5. The molecule has 1 amide bonds. The normalized spacial score (nSPS) is 20.0. The van der Waals surface area contributed by atoms with Crippen LogP contribution in [0.1, 0.15) is 63.8 Å². The van der Waals surface area contributed by atoms with Gasteiger partial charge in [-0.1, -0.05) is 52.0 Å². The van der Waals surface area contributed by atoms with E-state index in [1.807, 2.05) is 12.1 Å². The van der Waals surface area contributed by atoms with Crippen molar-refractivity contribution in [1.29, 1.82) is 0 Å². The van der Waals surface area contributed by atoms with E-state index in [4.69, 9.17) is 10.1 Å². The first-order valence-electron chi connectivity index (χ1n) is 10.5. The van der Waals surface area contributed by atoms with E-state index in [2.05, 4.69) is 58.0 Å². The van der Waals surface area contributed by atoms with Gasteiger partial charge < -0.3 is 10.0 Å². The fourth-order valence-corrected chi connectivity index (χ4v) is 4.60. The molecule has 1 aromatic carbocycles. The molecule has 0 unspecified atom stereocenters. The molecule has 4 heteroatoms. The van der Waals surface area contributed by atoms with Crippen LogP contribution in [0.25, 0.3) is 16.8 Å². The van der Waals surface area contributed by atoms with Crippen LogP contribution in [-0.2, 0) is 10.8 Å². The molecule has 2 heterocycles. The summed E-state index contributed by atoms with van der Waals surface area (Å²) in [5, 5.41) is 9.14. The summed E-state index contributed by atoms with van der Waals surface area (Å²) >= 11 is 0. The average molecular weight is 391 g/mol. The minimum atomic E-state index is -0.860. The molecule has 0 radical (unpaired) electrons. The van der Waals surface area contributed by atoms with Gasteiger partial charge in [0.2, 0.25) is 0 Å². The summed E-state index contributed by atoms with van der Waals surface area (Å²) in [6, 6.07) is 13.0. The molecule has 1 N–H and O–H groups in total. The molecule has 2 aliphatic rings. The van der Waals surface area contributed by atoms with Crippen LogP contribution < -0.4 is 0 Å². The highest BCUT2D eigenvalue weighted by Gasteiger charge is 2.37. The van der Waals surface area contributed by atoms with Gasteiger partial charge in [-0.3, -0.25) is 0 Å². The molecular weight excluding hydrogens is 360 g/mol. The summed E-state index contributed by atoms with van der Waals surface area (Å²) in [4.78, 5) is 17.5. The number of hydrogen-bond acceptors (Lipinski definition) is 2. The Balaban J connectivity index is 1.69. The van der Waals surface area contributed by atoms with Crippen LogP contribution in [0.5, 0.6) is 0 Å². The predicted octanol–water partition coefficient (Wildman–Crippen LogP) is 5.86. The van der Waals surface area contributed by atoms with E-state index in [1.165, 1.54) is 28.9 Å². The van der Waals surface area contributed by atoms with Crippen molar-refractivity contribution in [3.05, 3.63) is 59.3 Å². The lowest BCUT2D eigenvalue weighted by atomic mass is 9.63. The number of fused-ring (bicyclic) bond motifs is 1. The van der Waals surface area contributed by atoms with Crippen molar-refractivity contribution < 1.29 is 9.90 Å². The van der Waals surface area contributed by atoms with E-state index in [1.54, 1.807) is 0 Å². The van der Waals surface area contributed by atoms with Gasteiger partial charge in [0.05, 0.1) is 11.4 Å². The number of carboxylic acid groups (broad SMARTS) is 1. The smallest absolute Gasteiger partial charge is 0.407 e. The quantitative estimate of drug-likeness (QED) is 0.698. The predicted molar refractivity (Wildman–Crippen MR) is 117 cm³/mol. The SMILES string of the molecule is CC1(C)CCC(C)(C)c2cc(-c3cccc(C4=CCN(C(=O)O)CC4)n3)ccc21. The Morgan fingerprint density at radius 2 is 1.69 bits per heavy atom. The maximum atomic E-state index is 11.1. The van der Waals surface area contributed by atoms with Crippen LogP contribution in [0.3, 0.4) is 0 Å². The van der Waals surface area contributed by atoms with Crippen LogP contribution in [0, 0.1) is 0 Å². The summed E-state index contributed by atoms with van der Waals surface area (Å²) in [5.41, 5.74) is 7.48. The van der Waals surface area contributed by atoms with Gasteiger partial charge in [0, 0.05) is 18.7 Å². The lowest BCUT2D eigenvalue weighted by Gasteiger charge is -2.42. The maximum absolute atomic E-state index is 11.1. The van der Waals surface area contributed by atoms with E-state index in [-0.39, 0.29) is 10.8 Å². The molecule has 2 aromatic rings. The van der Waals surface area contributed by atoms with E-state index >= 15 is 0 Å². The molecule has 0 bridgehead atoms. The van der Waals surface area contributed by atoms with Crippen molar-refractivity contribution in [3.8, 4) is 11.3 Å². The summed E-state index contributed by atoms with van der Waals surface area (Å²) in [6.07, 6.45) is 4.23. The molecule has 1 aliphatic heterocycles. The third-order valence-corrected chi connectivity index (χ3v) is 6.71. The molecule has 4 rings (SSSR count). The van der Waals surface area contributed by atoms with E-state index in [0.717, 1.165) is 22.5 Å². The zero-order valence-corrected chi connectivity index (χ0v) is 17.8. The monoisotopic (exact) mass is 390 g/mol. The van der Waals surface area contributed by atoms with Crippen LogP contribution in [0.4, 0.5) is 4.79 Å². The molecule has 4 nitrogen and oxygen atoms in total. The topological polar surface area (TPSA) is 53.4 Å². The van der Waals surface area contributed by atoms with Gasteiger partial charge in [0.15, 0.2) is 0 Å². The summed E-state index contributed by atoms with van der Waals surface area (Å²) in [7, 11) is 0. The number of amides is 1. The second-order valence-corrected chi connectivity index (χ2v) is 9.64. The molecule has 0 atom stereocenters. The Morgan fingerprint density at radius 3 is 2.34 bits per heavy atom. The number of aromatic nitrogens is 1. The van der Waals surface area contributed by atoms with E-state index in [0.29, 0.717) is 19.5 Å². The lowest BCUT2D eigenvalue weighted by molar-refractivity contribution is 0.150. The van der Waals surface area contributed by atoms with Gasteiger partial charge in [-0.05, 0) is 65.0 Å². The number of benzene rings is 1. The van der Waals surface area contributed by atoms with Crippen LogP contribution in [0.2, 0.25) is 0 Å². The summed E-state index contributed by atoms with van der Waals surface area (Å²) in [6.45, 7) is 10.3. The molecule has 1 aliphatic carbocycles. The van der Waals surface area contributed by atoms with Crippen molar-refractivity contribution in [2.24, 2.45) is 0 Å².